The Hall–Kier alpha value is -2.44. The van der Waals surface area contributed by atoms with Gasteiger partial charge in [0.1, 0.15) is 11.6 Å². The Balaban J connectivity index is 1.36. The summed E-state index contributed by atoms with van der Waals surface area (Å²) in [5, 5.41) is 2.89. The third-order valence-corrected chi connectivity index (χ3v) is 5.80. The van der Waals surface area contributed by atoms with Gasteiger partial charge in [-0.2, -0.15) is 0 Å². The number of Topliss-reactive ketones (excluding diaryl/α,β-unsaturated/α-hetero) is 1. The highest BCUT2D eigenvalue weighted by molar-refractivity contribution is 5.97. The molecule has 0 bridgehead atoms. The van der Waals surface area contributed by atoms with E-state index >= 15 is 0 Å². The molecule has 1 atom stereocenters. The molecule has 0 amide bonds. The molecule has 4 rings (SSSR count). The molecule has 1 fully saturated rings. The summed E-state index contributed by atoms with van der Waals surface area (Å²) in [4.78, 5) is 21.2. The molecule has 1 unspecified atom stereocenters. The van der Waals surface area contributed by atoms with Gasteiger partial charge in [-0.3, -0.25) is 9.69 Å². The Morgan fingerprint density at radius 2 is 2.04 bits per heavy atom. The van der Waals surface area contributed by atoms with Gasteiger partial charge in [0.05, 0.1) is 13.2 Å². The standard InChI is InChI=1S/C22H28N4O2/c1-16(18-4-3-17-7-12-28-21(17)13-18)25-8-10-26(11-9-25)22-6-5-19(14-24-22)20(27)15-23-2/h3-6,13-14,16,23H,7-12,15H2,1-2H3. The van der Waals surface area contributed by atoms with Gasteiger partial charge in [-0.15, -0.1) is 0 Å². The van der Waals surface area contributed by atoms with E-state index in [4.69, 9.17) is 4.74 Å². The fourth-order valence-electron chi connectivity index (χ4n) is 3.99. The number of pyridine rings is 1. The van der Waals surface area contributed by atoms with Gasteiger partial charge in [0, 0.05) is 50.4 Å². The molecule has 2 aliphatic rings. The monoisotopic (exact) mass is 380 g/mol. The van der Waals surface area contributed by atoms with Gasteiger partial charge < -0.3 is 15.0 Å². The highest BCUT2D eigenvalue weighted by Crippen LogP contribution is 2.31. The number of hydrogen-bond acceptors (Lipinski definition) is 6. The Bertz CT molecular complexity index is 829. The summed E-state index contributed by atoms with van der Waals surface area (Å²) in [6, 6.07) is 10.9. The fraction of sp³-hybridized carbons (Fsp3) is 0.455. The van der Waals surface area contributed by atoms with E-state index in [0.29, 0.717) is 18.2 Å². The summed E-state index contributed by atoms with van der Waals surface area (Å²) in [6.45, 7) is 7.25. The Morgan fingerprint density at radius 1 is 1.21 bits per heavy atom. The number of anilines is 1. The second-order valence-electron chi connectivity index (χ2n) is 7.52. The number of nitrogens with zero attached hydrogens (tertiary/aromatic N) is 3. The molecule has 0 saturated carbocycles. The summed E-state index contributed by atoms with van der Waals surface area (Å²) in [5.41, 5.74) is 3.30. The molecule has 148 valence electrons. The van der Waals surface area contributed by atoms with Crippen molar-refractivity contribution in [2.24, 2.45) is 0 Å². The van der Waals surface area contributed by atoms with Crippen LogP contribution >= 0.6 is 0 Å². The number of piperazine rings is 1. The van der Waals surface area contributed by atoms with Gasteiger partial charge in [0.2, 0.25) is 0 Å². The summed E-state index contributed by atoms with van der Waals surface area (Å²) >= 11 is 0. The minimum Gasteiger partial charge on any atom is -0.493 e. The van der Waals surface area contributed by atoms with E-state index in [1.54, 1.807) is 13.2 Å². The molecule has 1 saturated heterocycles. The van der Waals surface area contributed by atoms with Gasteiger partial charge in [0.15, 0.2) is 5.78 Å². The maximum absolute atomic E-state index is 11.9. The Kier molecular flexibility index (Phi) is 5.59. The van der Waals surface area contributed by atoms with Crippen LogP contribution in [0.25, 0.3) is 0 Å². The first-order valence-corrected chi connectivity index (χ1v) is 10.0. The number of fused-ring (bicyclic) bond motifs is 1. The lowest BCUT2D eigenvalue weighted by Crippen LogP contribution is -2.47. The van der Waals surface area contributed by atoms with Crippen molar-refractivity contribution in [2.45, 2.75) is 19.4 Å². The number of ether oxygens (including phenoxy) is 1. The zero-order chi connectivity index (χ0) is 19.5. The van der Waals surface area contributed by atoms with Crippen LogP contribution in [-0.4, -0.2) is 62.0 Å². The predicted octanol–water partition coefficient (Wildman–Crippen LogP) is 2.30. The number of ketones is 1. The minimum atomic E-state index is 0.0681. The van der Waals surface area contributed by atoms with E-state index in [9.17, 15) is 4.79 Å². The summed E-state index contributed by atoms with van der Waals surface area (Å²) in [7, 11) is 1.77. The van der Waals surface area contributed by atoms with Gasteiger partial charge in [-0.1, -0.05) is 12.1 Å². The molecule has 6 nitrogen and oxygen atoms in total. The lowest BCUT2D eigenvalue weighted by atomic mass is 10.0. The number of likely N-dealkylation sites (N-methyl/N-ethyl adjacent to an activating group) is 1. The molecule has 1 aromatic carbocycles. The Morgan fingerprint density at radius 3 is 2.75 bits per heavy atom. The van der Waals surface area contributed by atoms with Gasteiger partial charge in [0.25, 0.3) is 0 Å². The molecular formula is C22H28N4O2. The van der Waals surface area contributed by atoms with Gasteiger partial charge in [-0.05, 0) is 43.3 Å². The first-order chi connectivity index (χ1) is 13.7. The van der Waals surface area contributed by atoms with E-state index in [-0.39, 0.29) is 5.78 Å². The zero-order valence-electron chi connectivity index (χ0n) is 16.6. The van der Waals surface area contributed by atoms with Crippen molar-refractivity contribution in [1.29, 1.82) is 0 Å². The van der Waals surface area contributed by atoms with E-state index in [2.05, 4.69) is 45.2 Å². The first kappa shape index (κ1) is 18.9. The van der Waals surface area contributed by atoms with Crippen molar-refractivity contribution < 1.29 is 9.53 Å². The smallest absolute Gasteiger partial charge is 0.178 e. The number of hydrogen-bond donors (Lipinski definition) is 1. The van der Waals surface area contributed by atoms with Crippen LogP contribution < -0.4 is 15.0 Å². The van der Waals surface area contributed by atoms with E-state index in [0.717, 1.165) is 50.8 Å². The average molecular weight is 380 g/mol. The molecule has 1 aromatic heterocycles. The molecule has 2 aromatic rings. The van der Waals surface area contributed by atoms with Crippen LogP contribution in [0.15, 0.2) is 36.5 Å². The summed E-state index contributed by atoms with van der Waals surface area (Å²) in [5.74, 6) is 2.07. The van der Waals surface area contributed by atoms with Crippen molar-refractivity contribution in [3.05, 3.63) is 53.2 Å². The van der Waals surface area contributed by atoms with E-state index in [1.165, 1.54) is 11.1 Å². The second kappa shape index (κ2) is 8.29. The predicted molar refractivity (Wildman–Crippen MR) is 110 cm³/mol. The van der Waals surface area contributed by atoms with Gasteiger partial charge >= 0.3 is 0 Å². The average Bonchev–Trinajstić information content (AvgIpc) is 3.21. The third-order valence-electron chi connectivity index (χ3n) is 5.80. The van der Waals surface area contributed by atoms with Crippen molar-refractivity contribution in [2.75, 3.05) is 51.3 Å². The number of aromatic nitrogens is 1. The van der Waals surface area contributed by atoms with Crippen LogP contribution in [0, 0.1) is 0 Å². The quantitative estimate of drug-likeness (QED) is 0.776. The third kappa shape index (κ3) is 3.88. The topological polar surface area (TPSA) is 57.7 Å². The second-order valence-corrected chi connectivity index (χ2v) is 7.52. The van der Waals surface area contributed by atoms with Crippen LogP contribution in [0.3, 0.4) is 0 Å². The molecular weight excluding hydrogens is 352 g/mol. The van der Waals surface area contributed by atoms with Crippen molar-refractivity contribution >= 4 is 11.6 Å². The van der Waals surface area contributed by atoms with Crippen LogP contribution in [0.4, 0.5) is 5.82 Å². The fourth-order valence-corrected chi connectivity index (χ4v) is 3.99. The molecule has 0 radical (unpaired) electrons. The van der Waals surface area contributed by atoms with Crippen LogP contribution in [-0.2, 0) is 6.42 Å². The van der Waals surface area contributed by atoms with Crippen LogP contribution in [0.1, 0.15) is 34.5 Å². The lowest BCUT2D eigenvalue weighted by Gasteiger charge is -2.38. The van der Waals surface area contributed by atoms with Crippen molar-refractivity contribution in [3.8, 4) is 5.75 Å². The van der Waals surface area contributed by atoms with E-state index in [1.807, 2.05) is 12.1 Å². The zero-order valence-corrected chi connectivity index (χ0v) is 16.6. The number of nitrogens with one attached hydrogen (secondary N) is 1. The molecule has 6 heteroatoms. The van der Waals surface area contributed by atoms with Gasteiger partial charge in [-0.25, -0.2) is 4.98 Å². The lowest BCUT2D eigenvalue weighted by molar-refractivity contribution is 0.0993. The molecule has 1 N–H and O–H groups in total. The maximum Gasteiger partial charge on any atom is 0.178 e. The van der Waals surface area contributed by atoms with Crippen molar-refractivity contribution in [1.82, 2.24) is 15.2 Å². The van der Waals surface area contributed by atoms with Crippen molar-refractivity contribution in [3.63, 3.8) is 0 Å². The number of carbonyl (C=O) groups is 1. The molecule has 3 heterocycles. The molecule has 0 spiro atoms. The highest BCUT2D eigenvalue weighted by Gasteiger charge is 2.24. The summed E-state index contributed by atoms with van der Waals surface area (Å²) in [6.07, 6.45) is 2.71. The first-order valence-electron chi connectivity index (χ1n) is 10.0. The van der Waals surface area contributed by atoms with Crippen LogP contribution in [0.2, 0.25) is 0 Å². The van der Waals surface area contributed by atoms with Crippen LogP contribution in [0.5, 0.6) is 5.75 Å². The Labute approximate surface area is 166 Å². The number of benzene rings is 1. The molecule has 0 aliphatic carbocycles. The molecule has 2 aliphatic heterocycles. The largest absolute Gasteiger partial charge is 0.493 e. The minimum absolute atomic E-state index is 0.0681. The molecule has 28 heavy (non-hydrogen) atoms. The number of rotatable bonds is 6. The number of carbonyl (C=O) groups excluding carboxylic acids is 1. The SMILES string of the molecule is CNCC(=O)c1ccc(N2CCN(C(C)c3ccc4c(c3)OCC4)CC2)nc1. The van der Waals surface area contributed by atoms with E-state index < -0.39 is 0 Å². The summed E-state index contributed by atoms with van der Waals surface area (Å²) < 4.78 is 5.73. The highest BCUT2D eigenvalue weighted by atomic mass is 16.5. The maximum atomic E-state index is 11.9. The normalized spacial score (nSPS) is 17.9.